The summed E-state index contributed by atoms with van der Waals surface area (Å²) >= 11 is 0. The SMILES string of the molecule is CN(CC[C@@H]1CN(C(=O)O)CCO1)C(=O)OCc1ccccc1. The van der Waals surface area contributed by atoms with Crippen molar-refractivity contribution in [2.45, 2.75) is 19.1 Å². The maximum atomic E-state index is 11.9. The second-order valence-electron chi connectivity index (χ2n) is 5.47. The van der Waals surface area contributed by atoms with Crippen LogP contribution in [-0.4, -0.2) is 66.5 Å². The summed E-state index contributed by atoms with van der Waals surface area (Å²) in [5.74, 6) is 0. The Morgan fingerprint density at radius 3 is 2.83 bits per heavy atom. The summed E-state index contributed by atoms with van der Waals surface area (Å²) in [4.78, 5) is 25.7. The summed E-state index contributed by atoms with van der Waals surface area (Å²) in [5.41, 5.74) is 0.932. The summed E-state index contributed by atoms with van der Waals surface area (Å²) < 4.78 is 10.8. The van der Waals surface area contributed by atoms with E-state index in [1.165, 1.54) is 9.80 Å². The molecule has 1 fully saturated rings. The van der Waals surface area contributed by atoms with Crippen molar-refractivity contribution < 1.29 is 24.2 Å². The number of ether oxygens (including phenoxy) is 2. The molecule has 1 aromatic rings. The van der Waals surface area contributed by atoms with Gasteiger partial charge in [0.15, 0.2) is 0 Å². The third-order valence-corrected chi connectivity index (χ3v) is 3.71. The molecule has 2 amide bonds. The Balaban J connectivity index is 1.70. The van der Waals surface area contributed by atoms with E-state index in [0.717, 1.165) is 5.56 Å². The van der Waals surface area contributed by atoms with E-state index in [1.807, 2.05) is 30.3 Å². The van der Waals surface area contributed by atoms with Crippen molar-refractivity contribution in [3.05, 3.63) is 35.9 Å². The van der Waals surface area contributed by atoms with Gasteiger partial charge in [0, 0.05) is 20.1 Å². The second kappa shape index (κ2) is 8.38. The Kier molecular flexibility index (Phi) is 6.22. The maximum absolute atomic E-state index is 11.9. The van der Waals surface area contributed by atoms with Crippen molar-refractivity contribution in [1.82, 2.24) is 9.80 Å². The molecule has 23 heavy (non-hydrogen) atoms. The molecule has 1 aliphatic rings. The fraction of sp³-hybridized carbons (Fsp3) is 0.500. The number of amides is 2. The van der Waals surface area contributed by atoms with Crippen molar-refractivity contribution >= 4 is 12.2 Å². The van der Waals surface area contributed by atoms with Gasteiger partial charge in [-0.1, -0.05) is 30.3 Å². The molecule has 1 atom stereocenters. The first-order valence-corrected chi connectivity index (χ1v) is 7.57. The molecule has 0 bridgehead atoms. The van der Waals surface area contributed by atoms with Gasteiger partial charge in [0.05, 0.1) is 19.3 Å². The van der Waals surface area contributed by atoms with Crippen molar-refractivity contribution in [3.8, 4) is 0 Å². The van der Waals surface area contributed by atoms with Gasteiger partial charge in [0.25, 0.3) is 0 Å². The van der Waals surface area contributed by atoms with E-state index in [1.54, 1.807) is 7.05 Å². The Hall–Kier alpha value is -2.28. The number of carboxylic acid groups (broad SMARTS) is 1. The smallest absolute Gasteiger partial charge is 0.409 e. The molecule has 0 aliphatic carbocycles. The van der Waals surface area contributed by atoms with Crippen LogP contribution in [0.4, 0.5) is 9.59 Å². The van der Waals surface area contributed by atoms with Gasteiger partial charge < -0.3 is 24.4 Å². The predicted octanol–water partition coefficient (Wildman–Crippen LogP) is 2.02. The summed E-state index contributed by atoms with van der Waals surface area (Å²) in [6, 6.07) is 9.47. The van der Waals surface area contributed by atoms with E-state index in [-0.39, 0.29) is 12.7 Å². The molecule has 0 saturated carbocycles. The first kappa shape index (κ1) is 17.1. The molecule has 7 nitrogen and oxygen atoms in total. The zero-order valence-corrected chi connectivity index (χ0v) is 13.2. The van der Waals surface area contributed by atoms with Gasteiger partial charge in [-0.3, -0.25) is 0 Å². The highest BCUT2D eigenvalue weighted by molar-refractivity contribution is 5.67. The van der Waals surface area contributed by atoms with Crippen LogP contribution in [0.2, 0.25) is 0 Å². The van der Waals surface area contributed by atoms with Crippen LogP contribution in [0.25, 0.3) is 0 Å². The molecule has 1 aromatic carbocycles. The number of morpholine rings is 1. The zero-order chi connectivity index (χ0) is 16.7. The number of carbonyl (C=O) groups is 2. The molecule has 0 aromatic heterocycles. The molecule has 126 valence electrons. The van der Waals surface area contributed by atoms with E-state index in [4.69, 9.17) is 14.6 Å². The van der Waals surface area contributed by atoms with Crippen LogP contribution in [-0.2, 0) is 16.1 Å². The highest BCUT2D eigenvalue weighted by Crippen LogP contribution is 2.10. The molecule has 2 rings (SSSR count). The number of hydrogen-bond donors (Lipinski definition) is 1. The lowest BCUT2D eigenvalue weighted by molar-refractivity contribution is -0.0281. The van der Waals surface area contributed by atoms with Gasteiger partial charge in [-0.25, -0.2) is 9.59 Å². The van der Waals surface area contributed by atoms with Gasteiger partial charge in [-0.2, -0.15) is 0 Å². The average molecular weight is 322 g/mol. The standard InChI is InChI=1S/C16H22N2O5/c1-17(16(21)23-12-13-5-3-2-4-6-13)8-7-14-11-18(15(19)20)9-10-22-14/h2-6,14H,7-12H2,1H3,(H,19,20)/t14-/m1/s1. The van der Waals surface area contributed by atoms with E-state index >= 15 is 0 Å². The Labute approximate surface area is 135 Å². The van der Waals surface area contributed by atoms with Crippen LogP contribution in [0.5, 0.6) is 0 Å². The Morgan fingerprint density at radius 2 is 2.13 bits per heavy atom. The van der Waals surface area contributed by atoms with E-state index in [9.17, 15) is 9.59 Å². The van der Waals surface area contributed by atoms with Gasteiger partial charge >= 0.3 is 12.2 Å². The molecule has 1 heterocycles. The first-order valence-electron chi connectivity index (χ1n) is 7.57. The van der Waals surface area contributed by atoms with Gasteiger partial charge in [-0.15, -0.1) is 0 Å². The quantitative estimate of drug-likeness (QED) is 0.897. The third-order valence-electron chi connectivity index (χ3n) is 3.71. The molecular formula is C16H22N2O5. The van der Waals surface area contributed by atoms with Gasteiger partial charge in [0.2, 0.25) is 0 Å². The highest BCUT2D eigenvalue weighted by atomic mass is 16.6. The topological polar surface area (TPSA) is 79.3 Å². The van der Waals surface area contributed by atoms with Crippen LogP contribution in [0.3, 0.4) is 0 Å². The molecule has 1 aliphatic heterocycles. The molecule has 1 N–H and O–H groups in total. The number of nitrogens with zero attached hydrogens (tertiary/aromatic N) is 2. The average Bonchev–Trinajstić information content (AvgIpc) is 2.58. The molecule has 7 heteroatoms. The molecule has 0 unspecified atom stereocenters. The fourth-order valence-corrected chi connectivity index (χ4v) is 2.33. The third kappa shape index (κ3) is 5.45. The highest BCUT2D eigenvalue weighted by Gasteiger charge is 2.24. The van der Waals surface area contributed by atoms with E-state index in [2.05, 4.69) is 0 Å². The van der Waals surface area contributed by atoms with Crippen LogP contribution in [0.1, 0.15) is 12.0 Å². The van der Waals surface area contributed by atoms with Gasteiger partial charge in [0.1, 0.15) is 6.61 Å². The minimum atomic E-state index is -0.936. The monoisotopic (exact) mass is 322 g/mol. The van der Waals surface area contributed by atoms with Crippen LogP contribution in [0, 0.1) is 0 Å². The number of carbonyl (C=O) groups excluding carboxylic acids is 1. The Bertz CT molecular complexity index is 522. The molecular weight excluding hydrogens is 300 g/mol. The van der Waals surface area contributed by atoms with Crippen LogP contribution in [0.15, 0.2) is 30.3 Å². The number of hydrogen-bond acceptors (Lipinski definition) is 4. The van der Waals surface area contributed by atoms with E-state index in [0.29, 0.717) is 32.7 Å². The van der Waals surface area contributed by atoms with Crippen molar-refractivity contribution in [2.24, 2.45) is 0 Å². The second-order valence-corrected chi connectivity index (χ2v) is 5.47. The number of rotatable bonds is 5. The van der Waals surface area contributed by atoms with Crippen LogP contribution < -0.4 is 0 Å². The summed E-state index contributed by atoms with van der Waals surface area (Å²) in [7, 11) is 1.66. The Morgan fingerprint density at radius 1 is 1.39 bits per heavy atom. The lowest BCUT2D eigenvalue weighted by atomic mass is 10.2. The lowest BCUT2D eigenvalue weighted by Gasteiger charge is -2.31. The van der Waals surface area contributed by atoms with E-state index < -0.39 is 12.2 Å². The molecule has 0 spiro atoms. The predicted molar refractivity (Wildman–Crippen MR) is 83.2 cm³/mol. The minimum Gasteiger partial charge on any atom is -0.465 e. The van der Waals surface area contributed by atoms with Crippen LogP contribution >= 0.6 is 0 Å². The largest absolute Gasteiger partial charge is 0.465 e. The zero-order valence-electron chi connectivity index (χ0n) is 13.2. The lowest BCUT2D eigenvalue weighted by Crippen LogP contribution is -2.46. The van der Waals surface area contributed by atoms with Crippen molar-refractivity contribution in [2.75, 3.05) is 33.3 Å². The fourth-order valence-electron chi connectivity index (χ4n) is 2.33. The molecule has 1 saturated heterocycles. The van der Waals surface area contributed by atoms with Gasteiger partial charge in [-0.05, 0) is 12.0 Å². The minimum absolute atomic E-state index is 0.191. The summed E-state index contributed by atoms with van der Waals surface area (Å²) in [5, 5.41) is 8.99. The van der Waals surface area contributed by atoms with Crippen molar-refractivity contribution in [3.63, 3.8) is 0 Å². The summed E-state index contributed by atoms with van der Waals surface area (Å²) in [6.45, 7) is 1.80. The normalized spacial score (nSPS) is 17.6. The molecule has 0 radical (unpaired) electrons. The first-order chi connectivity index (χ1) is 11.1. The maximum Gasteiger partial charge on any atom is 0.409 e. The summed E-state index contributed by atoms with van der Waals surface area (Å²) in [6.07, 6.45) is -0.960. The number of benzene rings is 1. The van der Waals surface area contributed by atoms with Crippen molar-refractivity contribution in [1.29, 1.82) is 0 Å².